The molecule has 18 heavy (non-hydrogen) atoms. The molecule has 0 aliphatic heterocycles. The molecule has 1 heterocycles. The second-order valence-electron chi connectivity index (χ2n) is 4.34. The molecule has 0 radical (unpaired) electrons. The lowest BCUT2D eigenvalue weighted by molar-refractivity contribution is 0.216. The number of hydrogen-bond donors (Lipinski definition) is 1. The second kappa shape index (κ2) is 4.27. The Bertz CT molecular complexity index is 673. The van der Waals surface area contributed by atoms with Crippen LogP contribution >= 0.6 is 0 Å². The number of fused-ring (bicyclic) bond motifs is 1. The highest BCUT2D eigenvalue weighted by Gasteiger charge is 2.17. The molecule has 0 spiro atoms. The molecule has 0 fully saturated rings. The molecule has 1 N–H and O–H groups in total. The van der Waals surface area contributed by atoms with Crippen LogP contribution in [0.5, 0.6) is 0 Å². The monoisotopic (exact) mass is 238 g/mol. The third kappa shape index (κ3) is 1.69. The van der Waals surface area contributed by atoms with E-state index in [9.17, 15) is 5.11 Å². The minimum atomic E-state index is -0.683. The predicted octanol–water partition coefficient (Wildman–Crippen LogP) is 2.66. The van der Waals surface area contributed by atoms with Crippen LogP contribution in [-0.4, -0.2) is 14.9 Å². The Morgan fingerprint density at radius 3 is 2.44 bits per heavy atom. The van der Waals surface area contributed by atoms with Gasteiger partial charge in [-0.15, -0.1) is 0 Å². The first-order chi connectivity index (χ1) is 8.77. The third-order valence-electron chi connectivity index (χ3n) is 3.16. The summed E-state index contributed by atoms with van der Waals surface area (Å²) < 4.78 is 1.80. The van der Waals surface area contributed by atoms with E-state index in [-0.39, 0.29) is 0 Å². The molecule has 3 nitrogen and oxygen atoms in total. The van der Waals surface area contributed by atoms with Gasteiger partial charge in [0.2, 0.25) is 0 Å². The lowest BCUT2D eigenvalue weighted by Crippen LogP contribution is -2.01. The molecule has 0 saturated heterocycles. The van der Waals surface area contributed by atoms with Crippen molar-refractivity contribution >= 4 is 10.9 Å². The fourth-order valence-corrected chi connectivity index (χ4v) is 2.24. The summed E-state index contributed by atoms with van der Waals surface area (Å²) in [6.45, 7) is 0. The number of aryl methyl sites for hydroxylation is 1. The molecular weight excluding hydrogens is 224 g/mol. The Kier molecular flexibility index (Phi) is 2.61. The Hall–Kier alpha value is -2.13. The first-order valence-electron chi connectivity index (χ1n) is 5.92. The van der Waals surface area contributed by atoms with E-state index in [4.69, 9.17) is 0 Å². The van der Waals surface area contributed by atoms with Crippen molar-refractivity contribution in [1.82, 2.24) is 9.78 Å². The number of benzene rings is 2. The van der Waals surface area contributed by atoms with Crippen LogP contribution in [0.1, 0.15) is 17.4 Å². The fraction of sp³-hybridized carbons (Fsp3) is 0.133. The van der Waals surface area contributed by atoms with Crippen LogP contribution in [0.3, 0.4) is 0 Å². The molecule has 0 bridgehead atoms. The highest BCUT2D eigenvalue weighted by molar-refractivity contribution is 5.82. The van der Waals surface area contributed by atoms with E-state index in [1.165, 1.54) is 0 Å². The SMILES string of the molecule is Cn1nc(C(O)c2ccccc2)c2ccccc21. The molecule has 2 aromatic carbocycles. The van der Waals surface area contributed by atoms with Crippen molar-refractivity contribution in [3.63, 3.8) is 0 Å². The summed E-state index contributed by atoms with van der Waals surface area (Å²) in [4.78, 5) is 0. The van der Waals surface area contributed by atoms with Crippen molar-refractivity contribution in [1.29, 1.82) is 0 Å². The van der Waals surface area contributed by atoms with E-state index >= 15 is 0 Å². The van der Waals surface area contributed by atoms with E-state index in [0.717, 1.165) is 16.5 Å². The maximum Gasteiger partial charge on any atom is 0.123 e. The van der Waals surface area contributed by atoms with Gasteiger partial charge in [-0.05, 0) is 11.6 Å². The highest BCUT2D eigenvalue weighted by atomic mass is 16.3. The van der Waals surface area contributed by atoms with Gasteiger partial charge in [-0.25, -0.2) is 0 Å². The van der Waals surface area contributed by atoms with Crippen LogP contribution in [0, 0.1) is 0 Å². The summed E-state index contributed by atoms with van der Waals surface area (Å²) in [7, 11) is 1.89. The summed E-state index contributed by atoms with van der Waals surface area (Å²) >= 11 is 0. The van der Waals surface area contributed by atoms with Crippen molar-refractivity contribution in [2.75, 3.05) is 0 Å². The normalized spacial score (nSPS) is 12.8. The summed E-state index contributed by atoms with van der Waals surface area (Å²) in [5.74, 6) is 0. The lowest BCUT2D eigenvalue weighted by Gasteiger charge is -2.08. The molecule has 3 rings (SSSR count). The minimum absolute atomic E-state index is 0.683. The molecular formula is C15H14N2O. The molecule has 0 aliphatic carbocycles. The number of rotatable bonds is 2. The van der Waals surface area contributed by atoms with Crippen LogP contribution < -0.4 is 0 Å². The molecule has 90 valence electrons. The summed E-state index contributed by atoms with van der Waals surface area (Å²) in [5.41, 5.74) is 2.60. The van der Waals surface area contributed by atoms with Crippen molar-refractivity contribution in [3.05, 3.63) is 65.9 Å². The highest BCUT2D eigenvalue weighted by Crippen LogP contribution is 2.27. The van der Waals surface area contributed by atoms with Gasteiger partial charge < -0.3 is 5.11 Å². The second-order valence-corrected chi connectivity index (χ2v) is 4.34. The zero-order valence-electron chi connectivity index (χ0n) is 10.1. The molecule has 1 unspecified atom stereocenters. The van der Waals surface area contributed by atoms with E-state index in [1.807, 2.05) is 61.6 Å². The fourth-order valence-electron chi connectivity index (χ4n) is 2.24. The van der Waals surface area contributed by atoms with Crippen LogP contribution in [0.2, 0.25) is 0 Å². The van der Waals surface area contributed by atoms with Gasteiger partial charge in [0.1, 0.15) is 11.8 Å². The standard InChI is InChI=1S/C15H14N2O/c1-17-13-10-6-5-9-12(13)14(16-17)15(18)11-7-3-2-4-8-11/h2-10,15,18H,1H3. The van der Waals surface area contributed by atoms with Crippen LogP contribution in [0.15, 0.2) is 54.6 Å². The van der Waals surface area contributed by atoms with Crippen molar-refractivity contribution in [3.8, 4) is 0 Å². The van der Waals surface area contributed by atoms with E-state index in [2.05, 4.69) is 5.10 Å². The van der Waals surface area contributed by atoms with Crippen molar-refractivity contribution < 1.29 is 5.11 Å². The van der Waals surface area contributed by atoms with Gasteiger partial charge in [-0.2, -0.15) is 5.10 Å². The number of aromatic nitrogens is 2. The van der Waals surface area contributed by atoms with E-state index in [0.29, 0.717) is 5.69 Å². The maximum absolute atomic E-state index is 10.4. The number of para-hydroxylation sites is 1. The lowest BCUT2D eigenvalue weighted by atomic mass is 10.0. The summed E-state index contributed by atoms with van der Waals surface area (Å²) in [5, 5.41) is 15.9. The molecule has 0 amide bonds. The first kappa shape index (κ1) is 11.0. The zero-order valence-corrected chi connectivity index (χ0v) is 10.1. The van der Waals surface area contributed by atoms with Gasteiger partial charge in [0.15, 0.2) is 0 Å². The molecule has 3 heteroatoms. The van der Waals surface area contributed by atoms with Gasteiger partial charge in [-0.3, -0.25) is 4.68 Å². The molecule has 0 aliphatic rings. The zero-order chi connectivity index (χ0) is 12.5. The number of nitrogens with zero attached hydrogens (tertiary/aromatic N) is 2. The quantitative estimate of drug-likeness (QED) is 0.745. The molecule has 1 atom stereocenters. The van der Waals surface area contributed by atoms with Gasteiger partial charge >= 0.3 is 0 Å². The number of hydrogen-bond acceptors (Lipinski definition) is 2. The first-order valence-corrected chi connectivity index (χ1v) is 5.92. The van der Waals surface area contributed by atoms with Crippen LogP contribution in [0.4, 0.5) is 0 Å². The Balaban J connectivity index is 2.15. The predicted molar refractivity (Wildman–Crippen MR) is 71.2 cm³/mol. The largest absolute Gasteiger partial charge is 0.382 e. The van der Waals surface area contributed by atoms with Gasteiger partial charge in [0, 0.05) is 12.4 Å². The number of aliphatic hydroxyl groups is 1. The summed E-state index contributed by atoms with van der Waals surface area (Å²) in [6.07, 6.45) is -0.683. The Morgan fingerprint density at radius 2 is 1.67 bits per heavy atom. The van der Waals surface area contributed by atoms with Gasteiger partial charge in [0.05, 0.1) is 5.52 Å². The van der Waals surface area contributed by atoms with Crippen LogP contribution in [-0.2, 0) is 7.05 Å². The topological polar surface area (TPSA) is 38.0 Å². The van der Waals surface area contributed by atoms with Gasteiger partial charge in [-0.1, -0.05) is 48.5 Å². The van der Waals surface area contributed by atoms with E-state index < -0.39 is 6.10 Å². The average molecular weight is 238 g/mol. The average Bonchev–Trinajstić information content (AvgIpc) is 2.77. The van der Waals surface area contributed by atoms with Crippen molar-refractivity contribution in [2.45, 2.75) is 6.10 Å². The summed E-state index contributed by atoms with van der Waals surface area (Å²) in [6, 6.07) is 17.5. The Morgan fingerprint density at radius 1 is 1.00 bits per heavy atom. The van der Waals surface area contributed by atoms with Crippen LogP contribution in [0.25, 0.3) is 10.9 Å². The molecule has 1 aromatic heterocycles. The Labute approximate surface area is 105 Å². The molecule has 3 aromatic rings. The maximum atomic E-state index is 10.4. The van der Waals surface area contributed by atoms with Crippen molar-refractivity contribution in [2.24, 2.45) is 7.05 Å². The third-order valence-corrected chi connectivity index (χ3v) is 3.16. The smallest absolute Gasteiger partial charge is 0.123 e. The number of aliphatic hydroxyl groups excluding tert-OH is 1. The van der Waals surface area contributed by atoms with E-state index in [1.54, 1.807) is 4.68 Å². The van der Waals surface area contributed by atoms with Gasteiger partial charge in [0.25, 0.3) is 0 Å². The molecule has 0 saturated carbocycles. The minimum Gasteiger partial charge on any atom is -0.382 e.